The Kier molecular flexibility index (Phi) is 4.46. The second-order valence-corrected chi connectivity index (χ2v) is 6.91. The van der Waals surface area contributed by atoms with Crippen LogP contribution in [0.2, 0.25) is 0 Å². The summed E-state index contributed by atoms with van der Waals surface area (Å²) in [7, 11) is 3.40. The van der Waals surface area contributed by atoms with Crippen LogP contribution in [-0.2, 0) is 29.6 Å². The Hall–Kier alpha value is -2.85. The number of likely N-dealkylation sites (N-methyl/N-ethyl adjacent to an activating group) is 1. The summed E-state index contributed by atoms with van der Waals surface area (Å²) in [6.07, 6.45) is 1.36. The summed E-state index contributed by atoms with van der Waals surface area (Å²) < 4.78 is 2.93. The molecule has 0 bridgehead atoms. The molecule has 1 aromatic rings. The third-order valence-corrected chi connectivity index (χ3v) is 5.42. The Bertz CT molecular complexity index is 793. The van der Waals surface area contributed by atoms with Crippen LogP contribution in [0.25, 0.3) is 0 Å². The minimum Gasteiger partial charge on any atom is -0.483 e. The van der Waals surface area contributed by atoms with E-state index in [2.05, 4.69) is 10.4 Å². The van der Waals surface area contributed by atoms with E-state index in [1.165, 1.54) is 4.68 Å². The number of likely N-dealkylation sites (tertiary alicyclic amines) is 1. The number of urea groups is 1. The van der Waals surface area contributed by atoms with E-state index < -0.39 is 0 Å². The molecule has 0 aromatic carbocycles. The van der Waals surface area contributed by atoms with Crippen LogP contribution in [-0.4, -0.2) is 79.9 Å². The van der Waals surface area contributed by atoms with Crippen LogP contribution in [0.15, 0.2) is 4.79 Å². The third-order valence-electron chi connectivity index (χ3n) is 5.42. The van der Waals surface area contributed by atoms with Gasteiger partial charge in [-0.3, -0.25) is 14.2 Å². The molecule has 3 aliphatic rings. The maximum atomic E-state index is 12.7. The van der Waals surface area contributed by atoms with Crippen molar-refractivity contribution in [1.82, 2.24) is 29.5 Å². The molecule has 4 rings (SSSR count). The van der Waals surface area contributed by atoms with Gasteiger partial charge in [-0.15, -0.1) is 0 Å². The zero-order chi connectivity index (χ0) is 19.1. The summed E-state index contributed by atoms with van der Waals surface area (Å²) in [5.41, 5.74) is -0.416. The van der Waals surface area contributed by atoms with Gasteiger partial charge in [0.15, 0.2) is 0 Å². The summed E-state index contributed by atoms with van der Waals surface area (Å²) in [4.78, 5) is 48.2. The molecule has 11 nitrogen and oxygen atoms in total. The highest BCUT2D eigenvalue weighted by Crippen LogP contribution is 2.32. The minimum atomic E-state index is -0.252. The summed E-state index contributed by atoms with van der Waals surface area (Å²) in [6, 6.07) is -0.0821. The fraction of sp³-hybridized carbons (Fsp3) is 0.667. The number of hydrogen-bond acceptors (Lipinski definition) is 5. The lowest BCUT2D eigenvalue weighted by atomic mass is 9.87. The molecular formula is C15H22N6O5. The van der Waals surface area contributed by atoms with Crippen molar-refractivity contribution >= 4 is 18.4 Å². The number of aromatic nitrogens is 3. The van der Waals surface area contributed by atoms with Gasteiger partial charge in [0.2, 0.25) is 5.91 Å². The standard InChI is InChI=1S/C14H20N6O3.CH2O2/c1-17-12(22)15-6-14(17)7-19(8-14)11(21)9-3-4-10-16-18(2)13(23)20(10)5-9;2-1-3/h9H,3-8H2,1-2H3,(H,15,22);1H,(H,2,3). The van der Waals surface area contributed by atoms with Crippen molar-refractivity contribution in [3.8, 4) is 0 Å². The largest absolute Gasteiger partial charge is 0.483 e. The van der Waals surface area contributed by atoms with Crippen LogP contribution in [0.1, 0.15) is 12.2 Å². The molecule has 2 saturated heterocycles. The Morgan fingerprint density at radius 2 is 2.00 bits per heavy atom. The van der Waals surface area contributed by atoms with Crippen LogP contribution >= 0.6 is 0 Å². The van der Waals surface area contributed by atoms with Gasteiger partial charge in [-0.25, -0.2) is 14.3 Å². The molecule has 3 aliphatic heterocycles. The highest BCUT2D eigenvalue weighted by atomic mass is 16.3. The van der Waals surface area contributed by atoms with E-state index in [-0.39, 0.29) is 35.6 Å². The molecule has 142 valence electrons. The van der Waals surface area contributed by atoms with E-state index in [9.17, 15) is 14.4 Å². The normalized spacial score (nSPS) is 22.8. The number of carbonyl (C=O) groups excluding carboxylic acids is 2. The number of fused-ring (bicyclic) bond motifs is 1. The summed E-state index contributed by atoms with van der Waals surface area (Å²) in [6.45, 7) is 1.86. The highest BCUT2D eigenvalue weighted by Gasteiger charge is 2.54. The van der Waals surface area contributed by atoms with E-state index in [1.54, 1.807) is 28.5 Å². The van der Waals surface area contributed by atoms with Crippen molar-refractivity contribution in [2.75, 3.05) is 26.7 Å². The predicted octanol–water partition coefficient (Wildman–Crippen LogP) is -1.92. The van der Waals surface area contributed by atoms with Crippen LogP contribution in [0.5, 0.6) is 0 Å². The van der Waals surface area contributed by atoms with Crippen molar-refractivity contribution in [2.45, 2.75) is 24.9 Å². The second kappa shape index (κ2) is 6.46. The van der Waals surface area contributed by atoms with Crippen LogP contribution in [0.3, 0.4) is 0 Å². The number of nitrogens with zero attached hydrogens (tertiary/aromatic N) is 5. The van der Waals surface area contributed by atoms with Gasteiger partial charge in [0, 0.05) is 46.7 Å². The monoisotopic (exact) mass is 366 g/mol. The number of rotatable bonds is 1. The molecule has 26 heavy (non-hydrogen) atoms. The molecule has 1 atom stereocenters. The SMILES string of the molecule is CN1C(=O)NCC12CN(C(=O)C1CCc3nn(C)c(=O)n3C1)C2.O=CO. The van der Waals surface area contributed by atoms with E-state index >= 15 is 0 Å². The Morgan fingerprint density at radius 3 is 2.58 bits per heavy atom. The van der Waals surface area contributed by atoms with Crippen molar-refractivity contribution in [3.63, 3.8) is 0 Å². The molecule has 1 aromatic heterocycles. The molecule has 4 heterocycles. The van der Waals surface area contributed by atoms with Gasteiger partial charge in [0.1, 0.15) is 5.82 Å². The quantitative estimate of drug-likeness (QED) is 0.558. The molecule has 11 heteroatoms. The molecular weight excluding hydrogens is 344 g/mol. The van der Waals surface area contributed by atoms with Gasteiger partial charge in [-0.2, -0.15) is 5.10 Å². The van der Waals surface area contributed by atoms with Crippen LogP contribution in [0, 0.1) is 5.92 Å². The fourth-order valence-electron chi connectivity index (χ4n) is 3.83. The second-order valence-electron chi connectivity index (χ2n) is 6.91. The van der Waals surface area contributed by atoms with Crippen molar-refractivity contribution in [3.05, 3.63) is 16.3 Å². The van der Waals surface area contributed by atoms with E-state index in [4.69, 9.17) is 9.90 Å². The van der Waals surface area contributed by atoms with Crippen molar-refractivity contribution in [1.29, 1.82) is 0 Å². The third kappa shape index (κ3) is 2.72. The highest BCUT2D eigenvalue weighted by molar-refractivity contribution is 5.82. The van der Waals surface area contributed by atoms with Crippen molar-refractivity contribution in [2.24, 2.45) is 13.0 Å². The number of amides is 3. The zero-order valence-corrected chi connectivity index (χ0v) is 14.7. The number of hydrogen-bond donors (Lipinski definition) is 2. The lowest BCUT2D eigenvalue weighted by Gasteiger charge is -2.51. The van der Waals surface area contributed by atoms with Crippen LogP contribution in [0.4, 0.5) is 4.79 Å². The van der Waals surface area contributed by atoms with Crippen molar-refractivity contribution < 1.29 is 19.5 Å². The summed E-state index contributed by atoms with van der Waals surface area (Å²) in [5, 5.41) is 13.9. The molecule has 2 N–H and O–H groups in total. The lowest BCUT2D eigenvalue weighted by Crippen LogP contribution is -2.71. The maximum absolute atomic E-state index is 12.7. The maximum Gasteiger partial charge on any atom is 0.345 e. The molecule has 2 fully saturated rings. The average Bonchev–Trinajstić information content (AvgIpc) is 3.04. The van der Waals surface area contributed by atoms with E-state index in [0.29, 0.717) is 39.0 Å². The first kappa shape index (κ1) is 18.0. The minimum absolute atomic E-state index is 0.0739. The van der Waals surface area contributed by atoms with Gasteiger partial charge in [-0.1, -0.05) is 0 Å². The first-order valence-electron chi connectivity index (χ1n) is 8.34. The number of carbonyl (C=O) groups is 3. The lowest BCUT2D eigenvalue weighted by molar-refractivity contribution is -0.147. The first-order chi connectivity index (χ1) is 12.3. The number of nitrogens with one attached hydrogen (secondary N) is 1. The zero-order valence-electron chi connectivity index (χ0n) is 14.7. The molecule has 1 unspecified atom stereocenters. The molecule has 3 amide bonds. The molecule has 0 radical (unpaired) electrons. The summed E-state index contributed by atoms with van der Waals surface area (Å²) in [5.74, 6) is 0.647. The molecule has 0 saturated carbocycles. The Morgan fingerprint density at radius 1 is 1.35 bits per heavy atom. The van der Waals surface area contributed by atoms with Gasteiger partial charge in [0.05, 0.1) is 11.5 Å². The molecule has 0 aliphatic carbocycles. The van der Waals surface area contributed by atoms with E-state index in [1.807, 2.05) is 0 Å². The Labute approximate surface area is 149 Å². The topological polar surface area (TPSA) is 130 Å². The summed E-state index contributed by atoms with van der Waals surface area (Å²) >= 11 is 0. The first-order valence-corrected chi connectivity index (χ1v) is 8.34. The number of carboxylic acid groups (broad SMARTS) is 1. The van der Waals surface area contributed by atoms with Gasteiger partial charge < -0.3 is 20.2 Å². The molecule has 1 spiro atoms. The van der Waals surface area contributed by atoms with Gasteiger partial charge >= 0.3 is 11.7 Å². The predicted molar refractivity (Wildman–Crippen MR) is 88.4 cm³/mol. The fourth-order valence-corrected chi connectivity index (χ4v) is 3.83. The smallest absolute Gasteiger partial charge is 0.345 e. The van der Waals surface area contributed by atoms with Crippen LogP contribution < -0.4 is 11.0 Å². The van der Waals surface area contributed by atoms with Gasteiger partial charge in [0.25, 0.3) is 6.47 Å². The average molecular weight is 366 g/mol. The van der Waals surface area contributed by atoms with E-state index in [0.717, 1.165) is 5.82 Å². The number of aryl methyl sites for hydroxylation is 2. The Balaban J connectivity index is 0.000000613. The van der Waals surface area contributed by atoms with Gasteiger partial charge in [-0.05, 0) is 6.42 Å².